The van der Waals surface area contributed by atoms with Gasteiger partial charge in [0.05, 0.1) is 0 Å². The molecule has 0 N–H and O–H groups in total. The fourth-order valence-electron chi connectivity index (χ4n) is 3.41. The monoisotopic (exact) mass is 244 g/mol. The number of hydrogen-bond acceptors (Lipinski definition) is 2. The van der Waals surface area contributed by atoms with Gasteiger partial charge in [0.2, 0.25) is 0 Å². The van der Waals surface area contributed by atoms with Crippen molar-refractivity contribution in [1.82, 2.24) is 4.90 Å². The van der Waals surface area contributed by atoms with E-state index in [-0.39, 0.29) is 0 Å². The van der Waals surface area contributed by atoms with Crippen molar-refractivity contribution in [2.45, 2.75) is 44.7 Å². The SMILES string of the molecule is CCC(C)c1ccc(N2CC3CC2CN3C)cc1. The standard InChI is InChI=1S/C16H24N2/c1-4-12(2)13-5-7-14(8-6-13)18-11-15-9-16(18)10-17(15)3/h5-8,12,15-16H,4,9-11H2,1-3H3. The van der Waals surface area contributed by atoms with E-state index in [4.69, 9.17) is 0 Å². The van der Waals surface area contributed by atoms with Crippen LogP contribution in [0, 0.1) is 0 Å². The van der Waals surface area contributed by atoms with E-state index in [1.54, 1.807) is 0 Å². The summed E-state index contributed by atoms with van der Waals surface area (Å²) in [6, 6.07) is 10.8. The number of fused-ring (bicyclic) bond motifs is 2. The molecule has 2 heterocycles. The van der Waals surface area contributed by atoms with Crippen molar-refractivity contribution < 1.29 is 0 Å². The van der Waals surface area contributed by atoms with E-state index in [2.05, 4.69) is 55.0 Å². The van der Waals surface area contributed by atoms with Crippen LogP contribution in [0.15, 0.2) is 24.3 Å². The molecule has 0 aliphatic carbocycles. The first kappa shape index (κ1) is 12.0. The van der Waals surface area contributed by atoms with E-state index >= 15 is 0 Å². The van der Waals surface area contributed by atoms with E-state index in [1.165, 1.54) is 37.2 Å². The fourth-order valence-corrected chi connectivity index (χ4v) is 3.41. The van der Waals surface area contributed by atoms with Crippen molar-refractivity contribution >= 4 is 5.69 Å². The van der Waals surface area contributed by atoms with Crippen LogP contribution in [0.2, 0.25) is 0 Å². The summed E-state index contributed by atoms with van der Waals surface area (Å²) in [6.07, 6.45) is 2.57. The Balaban J connectivity index is 1.75. The lowest BCUT2D eigenvalue weighted by atomic mass is 9.98. The van der Waals surface area contributed by atoms with Crippen LogP contribution in [-0.2, 0) is 0 Å². The molecule has 98 valence electrons. The molecule has 2 fully saturated rings. The number of likely N-dealkylation sites (tertiary alicyclic amines) is 1. The number of piperazine rings is 1. The normalized spacial score (nSPS) is 28.9. The molecular weight excluding hydrogens is 220 g/mol. The van der Waals surface area contributed by atoms with Crippen molar-refractivity contribution in [2.24, 2.45) is 0 Å². The van der Waals surface area contributed by atoms with Crippen LogP contribution in [0.3, 0.4) is 0 Å². The third-order valence-corrected chi connectivity index (χ3v) is 4.92. The highest BCUT2D eigenvalue weighted by molar-refractivity contribution is 5.51. The number of nitrogens with zero attached hydrogens (tertiary/aromatic N) is 2. The van der Waals surface area contributed by atoms with Gasteiger partial charge in [-0.25, -0.2) is 0 Å². The van der Waals surface area contributed by atoms with E-state index in [9.17, 15) is 0 Å². The summed E-state index contributed by atoms with van der Waals surface area (Å²) >= 11 is 0. The molecule has 2 aliphatic heterocycles. The topological polar surface area (TPSA) is 6.48 Å². The molecule has 18 heavy (non-hydrogen) atoms. The van der Waals surface area contributed by atoms with Crippen LogP contribution in [0.4, 0.5) is 5.69 Å². The average molecular weight is 244 g/mol. The Kier molecular flexibility index (Phi) is 3.06. The molecule has 3 rings (SSSR count). The molecule has 3 unspecified atom stereocenters. The fraction of sp³-hybridized carbons (Fsp3) is 0.625. The maximum absolute atomic E-state index is 2.60. The summed E-state index contributed by atoms with van der Waals surface area (Å²) in [5.74, 6) is 0.681. The van der Waals surface area contributed by atoms with E-state index in [0.29, 0.717) is 5.92 Å². The first-order valence-electron chi connectivity index (χ1n) is 7.26. The smallest absolute Gasteiger partial charge is 0.0433 e. The van der Waals surface area contributed by atoms with Gasteiger partial charge in [-0.3, -0.25) is 4.90 Å². The van der Waals surface area contributed by atoms with Crippen molar-refractivity contribution in [3.8, 4) is 0 Å². The number of anilines is 1. The molecule has 0 amide bonds. The van der Waals surface area contributed by atoms with Crippen LogP contribution in [0.1, 0.15) is 38.2 Å². The van der Waals surface area contributed by atoms with Gasteiger partial charge in [0, 0.05) is 30.9 Å². The Hall–Kier alpha value is -1.02. The van der Waals surface area contributed by atoms with Gasteiger partial charge in [-0.1, -0.05) is 26.0 Å². The molecular formula is C16H24N2. The van der Waals surface area contributed by atoms with E-state index in [1.807, 2.05) is 0 Å². The highest BCUT2D eigenvalue weighted by atomic mass is 15.3. The third kappa shape index (κ3) is 1.93. The summed E-state index contributed by atoms with van der Waals surface area (Å²) in [5, 5.41) is 0. The lowest BCUT2D eigenvalue weighted by molar-refractivity contribution is 0.292. The highest BCUT2D eigenvalue weighted by Gasteiger charge is 2.41. The van der Waals surface area contributed by atoms with Crippen molar-refractivity contribution in [2.75, 3.05) is 25.0 Å². The van der Waals surface area contributed by atoms with Crippen LogP contribution in [-0.4, -0.2) is 37.1 Å². The Labute approximate surface area is 111 Å². The average Bonchev–Trinajstić information content (AvgIpc) is 2.97. The molecule has 2 bridgehead atoms. The summed E-state index contributed by atoms with van der Waals surface area (Å²) in [7, 11) is 2.26. The van der Waals surface area contributed by atoms with Crippen molar-refractivity contribution in [3.05, 3.63) is 29.8 Å². The molecule has 1 aromatic rings. The summed E-state index contributed by atoms with van der Waals surface area (Å²) in [4.78, 5) is 5.11. The summed E-state index contributed by atoms with van der Waals surface area (Å²) in [6.45, 7) is 7.01. The van der Waals surface area contributed by atoms with Gasteiger partial charge in [0.15, 0.2) is 0 Å². The molecule has 0 spiro atoms. The van der Waals surface area contributed by atoms with E-state index < -0.39 is 0 Å². The lowest BCUT2D eigenvalue weighted by Crippen LogP contribution is -2.44. The lowest BCUT2D eigenvalue weighted by Gasteiger charge is -2.33. The Morgan fingerprint density at radius 3 is 2.39 bits per heavy atom. The minimum Gasteiger partial charge on any atom is -0.366 e. The zero-order chi connectivity index (χ0) is 12.7. The molecule has 0 aromatic heterocycles. The zero-order valence-corrected chi connectivity index (χ0v) is 11.8. The Morgan fingerprint density at radius 2 is 1.89 bits per heavy atom. The molecule has 2 nitrogen and oxygen atoms in total. The highest BCUT2D eigenvalue weighted by Crippen LogP contribution is 2.34. The van der Waals surface area contributed by atoms with Gasteiger partial charge in [-0.05, 0) is 43.5 Å². The Bertz CT molecular complexity index is 410. The number of hydrogen-bond donors (Lipinski definition) is 0. The first-order valence-corrected chi connectivity index (χ1v) is 7.26. The third-order valence-electron chi connectivity index (χ3n) is 4.92. The van der Waals surface area contributed by atoms with Crippen LogP contribution in [0.5, 0.6) is 0 Å². The predicted molar refractivity (Wildman–Crippen MR) is 77.3 cm³/mol. The van der Waals surface area contributed by atoms with Crippen LogP contribution in [0.25, 0.3) is 0 Å². The van der Waals surface area contributed by atoms with Crippen molar-refractivity contribution in [1.29, 1.82) is 0 Å². The quantitative estimate of drug-likeness (QED) is 0.806. The summed E-state index contributed by atoms with van der Waals surface area (Å²) < 4.78 is 0. The number of likely N-dealkylation sites (N-methyl/N-ethyl adjacent to an activating group) is 1. The van der Waals surface area contributed by atoms with Gasteiger partial charge in [-0.15, -0.1) is 0 Å². The molecule has 2 saturated heterocycles. The Morgan fingerprint density at radius 1 is 1.17 bits per heavy atom. The molecule has 1 aromatic carbocycles. The second kappa shape index (κ2) is 4.58. The predicted octanol–water partition coefficient (Wildman–Crippen LogP) is 3.09. The summed E-state index contributed by atoms with van der Waals surface area (Å²) in [5.41, 5.74) is 2.89. The van der Waals surface area contributed by atoms with Crippen LogP contribution < -0.4 is 4.90 Å². The minimum absolute atomic E-state index is 0.681. The molecule has 0 radical (unpaired) electrons. The van der Waals surface area contributed by atoms with Gasteiger partial charge < -0.3 is 4.90 Å². The first-order chi connectivity index (χ1) is 8.69. The zero-order valence-electron chi connectivity index (χ0n) is 11.8. The number of rotatable bonds is 3. The minimum atomic E-state index is 0.681. The molecule has 3 atom stereocenters. The second-order valence-corrected chi connectivity index (χ2v) is 6.04. The van der Waals surface area contributed by atoms with Gasteiger partial charge >= 0.3 is 0 Å². The maximum atomic E-state index is 2.60. The van der Waals surface area contributed by atoms with Gasteiger partial charge in [0.1, 0.15) is 0 Å². The second-order valence-electron chi connectivity index (χ2n) is 6.04. The van der Waals surface area contributed by atoms with Crippen LogP contribution >= 0.6 is 0 Å². The number of benzene rings is 1. The van der Waals surface area contributed by atoms with Crippen molar-refractivity contribution in [3.63, 3.8) is 0 Å². The largest absolute Gasteiger partial charge is 0.366 e. The molecule has 2 heteroatoms. The molecule has 0 saturated carbocycles. The van der Waals surface area contributed by atoms with Gasteiger partial charge in [-0.2, -0.15) is 0 Å². The van der Waals surface area contributed by atoms with E-state index in [0.717, 1.165) is 12.1 Å². The van der Waals surface area contributed by atoms with Gasteiger partial charge in [0.25, 0.3) is 0 Å². The maximum Gasteiger partial charge on any atom is 0.0433 e. The molecule has 2 aliphatic rings.